The number of azo groups is 1. The molecule has 0 aliphatic rings. The number of H-pyrrole nitrogens is 1. The average Bonchev–Trinajstić information content (AvgIpc) is 2.77. The maximum absolute atomic E-state index is 12.5. The SMILES string of the molecule is Cc1c(N=Nc2ccc(SOOO)cc2C(=O)O)c(O)[nH]c(=O)c1-[n+]1cccc(C(=O)O)c1. The zero-order chi connectivity index (χ0) is 24.1. The van der Waals surface area contributed by atoms with Crippen LogP contribution in [0.4, 0.5) is 11.4 Å². The second-order valence-corrected chi connectivity index (χ2v) is 7.11. The minimum absolute atomic E-state index is 0.0174. The lowest BCUT2D eigenvalue weighted by atomic mass is 10.2. The summed E-state index contributed by atoms with van der Waals surface area (Å²) in [7, 11) is 0. The molecule has 0 aliphatic heterocycles. The first-order valence-corrected chi connectivity index (χ1v) is 9.61. The number of pyridine rings is 2. The van der Waals surface area contributed by atoms with Gasteiger partial charge in [-0.05, 0) is 31.2 Å². The van der Waals surface area contributed by atoms with Crippen molar-refractivity contribution in [2.75, 3.05) is 0 Å². The van der Waals surface area contributed by atoms with Gasteiger partial charge >= 0.3 is 17.5 Å². The largest absolute Gasteiger partial charge is 0.493 e. The van der Waals surface area contributed by atoms with Crippen LogP contribution in [0.5, 0.6) is 5.88 Å². The summed E-state index contributed by atoms with van der Waals surface area (Å²) in [4.78, 5) is 37.8. The van der Waals surface area contributed by atoms with E-state index in [0.717, 1.165) is 0 Å². The normalized spacial score (nSPS) is 11.1. The van der Waals surface area contributed by atoms with Crippen molar-refractivity contribution < 1.29 is 44.1 Å². The Labute approximate surface area is 188 Å². The molecule has 13 nitrogen and oxygen atoms in total. The van der Waals surface area contributed by atoms with E-state index in [9.17, 15) is 29.7 Å². The molecule has 0 amide bonds. The Kier molecular flexibility index (Phi) is 7.14. The van der Waals surface area contributed by atoms with Crippen LogP contribution in [0.1, 0.15) is 26.3 Å². The first-order valence-electron chi connectivity index (χ1n) is 8.87. The van der Waals surface area contributed by atoms with E-state index in [2.05, 4.69) is 24.6 Å². The number of carbonyl (C=O) groups is 2. The summed E-state index contributed by atoms with van der Waals surface area (Å²) < 4.78 is 5.52. The standard InChI is InChI=1S/C19H14N4O9S/c1-9-14(22-21-13-5-4-11(33-32-31-30)7-12(13)19(28)29)16(24)20-17(25)15(9)23-6-2-3-10(8-23)18(26)27/h2-8H,1H3,(H4-,20,24,25,26,27,28,29,30)/p+1. The van der Waals surface area contributed by atoms with Crippen LogP contribution < -0.4 is 10.1 Å². The molecular formula is C19H15N4O9S+. The number of benzene rings is 1. The van der Waals surface area contributed by atoms with Crippen molar-refractivity contribution in [3.05, 3.63) is 69.8 Å². The Morgan fingerprint density at radius 2 is 1.91 bits per heavy atom. The van der Waals surface area contributed by atoms with Crippen LogP contribution in [0.3, 0.4) is 0 Å². The van der Waals surface area contributed by atoms with E-state index < -0.39 is 23.4 Å². The van der Waals surface area contributed by atoms with Crippen LogP contribution in [-0.2, 0) is 9.37 Å². The third-order valence-corrected chi connectivity index (χ3v) is 4.88. The highest BCUT2D eigenvalue weighted by Crippen LogP contribution is 2.32. The highest BCUT2D eigenvalue weighted by molar-refractivity contribution is 7.94. The summed E-state index contributed by atoms with van der Waals surface area (Å²) in [5.74, 6) is -3.14. The molecule has 2 aromatic heterocycles. The lowest BCUT2D eigenvalue weighted by Crippen LogP contribution is -2.38. The minimum Gasteiger partial charge on any atom is -0.493 e. The van der Waals surface area contributed by atoms with Gasteiger partial charge in [-0.2, -0.15) is 4.57 Å². The number of hydrogen-bond acceptors (Lipinski definition) is 10. The van der Waals surface area contributed by atoms with E-state index in [0.29, 0.717) is 12.0 Å². The Morgan fingerprint density at radius 1 is 1.15 bits per heavy atom. The number of aromatic hydroxyl groups is 1. The lowest BCUT2D eigenvalue weighted by Gasteiger charge is -2.06. The zero-order valence-corrected chi connectivity index (χ0v) is 17.4. The molecule has 33 heavy (non-hydrogen) atoms. The number of nitrogens with zero attached hydrogens (tertiary/aromatic N) is 3. The van der Waals surface area contributed by atoms with Gasteiger partial charge in [0.05, 0.1) is 23.2 Å². The molecule has 0 spiro atoms. The van der Waals surface area contributed by atoms with Crippen LogP contribution in [0, 0.1) is 6.92 Å². The first-order chi connectivity index (χ1) is 15.7. The molecule has 3 rings (SSSR count). The third kappa shape index (κ3) is 5.21. The fourth-order valence-electron chi connectivity index (χ4n) is 2.84. The summed E-state index contributed by atoms with van der Waals surface area (Å²) in [6, 6.07) is 6.69. The van der Waals surface area contributed by atoms with Gasteiger partial charge in [-0.25, -0.2) is 14.8 Å². The Morgan fingerprint density at radius 3 is 2.58 bits per heavy atom. The number of carboxylic acid groups (broad SMARTS) is 2. The molecular weight excluding hydrogens is 460 g/mol. The van der Waals surface area contributed by atoms with Crippen molar-refractivity contribution in [3.63, 3.8) is 0 Å². The van der Waals surface area contributed by atoms with Gasteiger partial charge in [0.2, 0.25) is 5.88 Å². The first kappa shape index (κ1) is 23.6. The zero-order valence-electron chi connectivity index (χ0n) is 16.6. The van der Waals surface area contributed by atoms with E-state index in [1.54, 1.807) is 0 Å². The van der Waals surface area contributed by atoms with Gasteiger partial charge in [-0.15, -0.1) is 14.6 Å². The van der Waals surface area contributed by atoms with Crippen LogP contribution in [0.2, 0.25) is 0 Å². The quantitative estimate of drug-likeness (QED) is 0.106. The lowest BCUT2D eigenvalue weighted by molar-refractivity contribution is -0.597. The molecule has 0 atom stereocenters. The summed E-state index contributed by atoms with van der Waals surface area (Å²) in [5.41, 5.74) is -1.16. The van der Waals surface area contributed by atoms with E-state index in [1.165, 1.54) is 54.2 Å². The molecule has 0 unspecified atom stereocenters. The molecule has 0 fully saturated rings. The summed E-state index contributed by atoms with van der Waals surface area (Å²) in [6.07, 6.45) is 2.66. The number of hydrogen-bond donors (Lipinski definition) is 5. The third-order valence-electron chi connectivity index (χ3n) is 4.30. The number of aromatic carboxylic acids is 2. The van der Waals surface area contributed by atoms with Crippen LogP contribution in [0.25, 0.3) is 5.69 Å². The number of aromatic nitrogens is 2. The number of rotatable bonds is 8. The minimum atomic E-state index is -1.33. The molecule has 3 aromatic rings. The predicted molar refractivity (Wildman–Crippen MR) is 110 cm³/mol. The predicted octanol–water partition coefficient (Wildman–Crippen LogP) is 2.91. The van der Waals surface area contributed by atoms with E-state index >= 15 is 0 Å². The van der Waals surface area contributed by atoms with Crippen molar-refractivity contribution in [3.8, 4) is 11.6 Å². The highest BCUT2D eigenvalue weighted by Gasteiger charge is 2.23. The molecule has 0 saturated heterocycles. The summed E-state index contributed by atoms with van der Waals surface area (Å²) in [6.45, 7) is 1.46. The van der Waals surface area contributed by atoms with E-state index in [4.69, 9.17) is 5.26 Å². The van der Waals surface area contributed by atoms with Gasteiger partial charge in [0.15, 0.2) is 18.1 Å². The van der Waals surface area contributed by atoms with Crippen LogP contribution in [0.15, 0.2) is 62.6 Å². The average molecular weight is 475 g/mol. The molecule has 14 heteroatoms. The number of nitrogens with one attached hydrogen (secondary N) is 1. The van der Waals surface area contributed by atoms with Crippen molar-refractivity contribution >= 4 is 35.4 Å². The smallest absolute Gasteiger partial charge is 0.341 e. The second-order valence-electron chi connectivity index (χ2n) is 6.34. The molecule has 0 bridgehead atoms. The molecule has 2 heterocycles. The Bertz CT molecular complexity index is 1320. The van der Waals surface area contributed by atoms with Crippen molar-refractivity contribution in [2.45, 2.75) is 11.8 Å². The molecule has 170 valence electrons. The van der Waals surface area contributed by atoms with Crippen molar-refractivity contribution in [1.82, 2.24) is 4.98 Å². The van der Waals surface area contributed by atoms with Crippen molar-refractivity contribution in [2.24, 2.45) is 10.2 Å². The molecule has 0 radical (unpaired) electrons. The summed E-state index contributed by atoms with van der Waals surface area (Å²) >= 11 is 0.552. The Hall–Kier alpha value is -4.11. The number of aromatic amines is 1. The molecule has 1 aromatic carbocycles. The molecule has 0 aliphatic carbocycles. The summed E-state index contributed by atoms with van der Waals surface area (Å²) in [5, 5.41) is 48.3. The fraction of sp³-hybridized carbons (Fsp3) is 0.0526. The van der Waals surface area contributed by atoms with Gasteiger partial charge < -0.3 is 15.3 Å². The topological polar surface area (TPSA) is 195 Å². The van der Waals surface area contributed by atoms with Gasteiger partial charge in [-0.3, -0.25) is 9.78 Å². The van der Waals surface area contributed by atoms with Gasteiger partial charge in [0.25, 0.3) is 5.69 Å². The fourth-order valence-corrected chi connectivity index (χ4v) is 3.24. The van der Waals surface area contributed by atoms with Gasteiger partial charge in [-0.1, -0.05) is 5.04 Å². The maximum Gasteiger partial charge on any atom is 0.341 e. The molecule has 5 N–H and O–H groups in total. The van der Waals surface area contributed by atoms with E-state index in [-0.39, 0.29) is 38.6 Å². The highest BCUT2D eigenvalue weighted by atomic mass is 32.2. The van der Waals surface area contributed by atoms with E-state index in [1.807, 2.05) is 0 Å². The van der Waals surface area contributed by atoms with Gasteiger partial charge in [0, 0.05) is 11.0 Å². The van der Waals surface area contributed by atoms with Crippen LogP contribution in [-0.4, -0.2) is 37.5 Å². The van der Waals surface area contributed by atoms with Crippen molar-refractivity contribution in [1.29, 1.82) is 0 Å². The monoisotopic (exact) mass is 475 g/mol. The Balaban J connectivity index is 2.07. The number of carboxylic acids is 2. The second kappa shape index (κ2) is 10.0. The molecule has 0 saturated carbocycles. The van der Waals surface area contributed by atoms with Gasteiger partial charge in [0.1, 0.15) is 11.3 Å². The van der Waals surface area contributed by atoms with Crippen LogP contribution >= 0.6 is 12.0 Å². The maximum atomic E-state index is 12.5.